The Labute approximate surface area is 164 Å². The molecule has 0 aromatic heterocycles. The van der Waals surface area contributed by atoms with Crippen molar-refractivity contribution in [1.82, 2.24) is 0 Å². The summed E-state index contributed by atoms with van der Waals surface area (Å²) in [7, 11) is 1.33. The van der Waals surface area contributed by atoms with E-state index >= 15 is 0 Å². The fourth-order valence-corrected chi connectivity index (χ4v) is 2.80. The van der Waals surface area contributed by atoms with E-state index in [0.717, 1.165) is 16.7 Å². The summed E-state index contributed by atoms with van der Waals surface area (Å²) in [6.07, 6.45) is 3.30. The van der Waals surface area contributed by atoms with Crippen molar-refractivity contribution >= 4 is 23.6 Å². The zero-order valence-electron chi connectivity index (χ0n) is 15.8. The molecular formula is C24H21NO3. The second-order valence-corrected chi connectivity index (χ2v) is 6.34. The monoisotopic (exact) mass is 371 g/mol. The molecule has 0 saturated heterocycles. The Kier molecular flexibility index (Phi) is 6.02. The largest absolute Gasteiger partial charge is 0.465 e. The van der Waals surface area contributed by atoms with Crippen LogP contribution in [0.4, 0.5) is 5.69 Å². The van der Waals surface area contributed by atoms with E-state index < -0.39 is 5.97 Å². The molecule has 28 heavy (non-hydrogen) atoms. The number of rotatable bonds is 5. The third kappa shape index (κ3) is 4.74. The summed E-state index contributed by atoms with van der Waals surface area (Å²) in [5, 5.41) is 2.79. The van der Waals surface area contributed by atoms with Gasteiger partial charge in [-0.2, -0.15) is 0 Å². The van der Waals surface area contributed by atoms with Gasteiger partial charge < -0.3 is 10.1 Å². The van der Waals surface area contributed by atoms with E-state index in [1.165, 1.54) is 18.7 Å². The van der Waals surface area contributed by atoms with Crippen LogP contribution in [0, 0.1) is 6.92 Å². The molecule has 3 rings (SSSR count). The minimum Gasteiger partial charge on any atom is -0.465 e. The second kappa shape index (κ2) is 8.82. The van der Waals surface area contributed by atoms with E-state index in [4.69, 9.17) is 0 Å². The van der Waals surface area contributed by atoms with E-state index in [1.807, 2.05) is 24.3 Å². The molecule has 4 nitrogen and oxygen atoms in total. The minimum absolute atomic E-state index is 0.246. The number of carbonyl (C=O) groups is 2. The Hall–Kier alpha value is -3.66. The first-order chi connectivity index (χ1) is 13.6. The van der Waals surface area contributed by atoms with Crippen LogP contribution in [-0.2, 0) is 9.53 Å². The van der Waals surface area contributed by atoms with Crippen LogP contribution in [0.2, 0.25) is 0 Å². The number of ether oxygens (including phenoxy) is 1. The van der Waals surface area contributed by atoms with Crippen molar-refractivity contribution in [3.05, 3.63) is 95.6 Å². The number of benzene rings is 3. The summed E-state index contributed by atoms with van der Waals surface area (Å²) in [5.74, 6) is -0.657. The van der Waals surface area contributed by atoms with E-state index in [2.05, 4.69) is 41.2 Å². The van der Waals surface area contributed by atoms with Gasteiger partial charge in [0, 0.05) is 11.8 Å². The number of methoxy groups -OCH3 is 1. The third-order valence-electron chi connectivity index (χ3n) is 4.31. The molecule has 0 aliphatic carbocycles. The molecule has 0 aliphatic heterocycles. The number of hydrogen-bond donors (Lipinski definition) is 1. The fraction of sp³-hybridized carbons (Fsp3) is 0.0833. The lowest BCUT2D eigenvalue weighted by Gasteiger charge is -2.07. The molecule has 0 atom stereocenters. The number of carbonyl (C=O) groups excluding carboxylic acids is 2. The molecule has 0 aliphatic rings. The summed E-state index contributed by atoms with van der Waals surface area (Å²) in [6.45, 7) is 2.05. The van der Waals surface area contributed by atoms with Gasteiger partial charge in [0.1, 0.15) is 0 Å². The van der Waals surface area contributed by atoms with E-state index in [9.17, 15) is 9.59 Å². The summed E-state index contributed by atoms with van der Waals surface area (Å²) >= 11 is 0. The van der Waals surface area contributed by atoms with Crippen LogP contribution >= 0.6 is 0 Å². The zero-order valence-corrected chi connectivity index (χ0v) is 15.8. The zero-order chi connectivity index (χ0) is 19.9. The van der Waals surface area contributed by atoms with Crippen LogP contribution in [0.5, 0.6) is 0 Å². The van der Waals surface area contributed by atoms with Crippen LogP contribution in [0.1, 0.15) is 21.5 Å². The number of amides is 1. The molecule has 0 spiro atoms. The Morgan fingerprint density at radius 2 is 1.57 bits per heavy atom. The molecule has 0 unspecified atom stereocenters. The van der Waals surface area contributed by atoms with Gasteiger partial charge in [-0.3, -0.25) is 4.79 Å². The molecular weight excluding hydrogens is 350 g/mol. The van der Waals surface area contributed by atoms with Crippen molar-refractivity contribution in [2.45, 2.75) is 6.92 Å². The first-order valence-electron chi connectivity index (χ1n) is 8.90. The van der Waals surface area contributed by atoms with Gasteiger partial charge >= 0.3 is 5.97 Å². The Morgan fingerprint density at radius 3 is 2.25 bits per heavy atom. The third-order valence-corrected chi connectivity index (χ3v) is 4.31. The highest BCUT2D eigenvalue weighted by Crippen LogP contribution is 2.25. The highest BCUT2D eigenvalue weighted by atomic mass is 16.5. The lowest BCUT2D eigenvalue weighted by atomic mass is 9.98. The molecule has 0 heterocycles. The van der Waals surface area contributed by atoms with Crippen LogP contribution in [0.3, 0.4) is 0 Å². The molecule has 1 N–H and O–H groups in total. The van der Waals surface area contributed by atoms with E-state index in [-0.39, 0.29) is 5.91 Å². The predicted octanol–water partition coefficient (Wildman–Crippen LogP) is 5.10. The molecule has 0 fully saturated rings. The molecule has 4 heteroatoms. The van der Waals surface area contributed by atoms with Crippen LogP contribution in [0.15, 0.2) is 78.9 Å². The Bertz CT molecular complexity index is 1000. The quantitative estimate of drug-likeness (QED) is 0.501. The number of esters is 1. The van der Waals surface area contributed by atoms with Gasteiger partial charge in [-0.05, 0) is 54.0 Å². The second-order valence-electron chi connectivity index (χ2n) is 6.34. The van der Waals surface area contributed by atoms with Crippen molar-refractivity contribution in [2.24, 2.45) is 0 Å². The fourth-order valence-electron chi connectivity index (χ4n) is 2.80. The smallest absolute Gasteiger partial charge is 0.337 e. The van der Waals surface area contributed by atoms with Crippen molar-refractivity contribution in [2.75, 3.05) is 12.4 Å². The van der Waals surface area contributed by atoms with Crippen LogP contribution < -0.4 is 5.32 Å². The maximum atomic E-state index is 12.3. The van der Waals surface area contributed by atoms with Gasteiger partial charge in [0.25, 0.3) is 0 Å². The number of nitrogens with one attached hydrogen (secondary N) is 1. The van der Waals surface area contributed by atoms with Gasteiger partial charge in [-0.25, -0.2) is 4.79 Å². The van der Waals surface area contributed by atoms with Crippen molar-refractivity contribution < 1.29 is 14.3 Å². The lowest BCUT2D eigenvalue weighted by Crippen LogP contribution is -2.08. The number of anilines is 1. The van der Waals surface area contributed by atoms with Gasteiger partial charge in [-0.15, -0.1) is 0 Å². The topological polar surface area (TPSA) is 55.4 Å². The average molecular weight is 371 g/mol. The van der Waals surface area contributed by atoms with Gasteiger partial charge in [0.05, 0.1) is 12.7 Å². The van der Waals surface area contributed by atoms with Crippen molar-refractivity contribution in [3.8, 4) is 11.1 Å². The Morgan fingerprint density at radius 1 is 0.893 bits per heavy atom. The van der Waals surface area contributed by atoms with Gasteiger partial charge in [-0.1, -0.05) is 54.1 Å². The number of hydrogen-bond acceptors (Lipinski definition) is 3. The normalized spacial score (nSPS) is 10.6. The summed E-state index contributed by atoms with van der Waals surface area (Å²) in [6, 6.07) is 22.8. The molecule has 0 bridgehead atoms. The van der Waals surface area contributed by atoms with Crippen LogP contribution in [-0.4, -0.2) is 19.0 Å². The van der Waals surface area contributed by atoms with Crippen molar-refractivity contribution in [3.63, 3.8) is 0 Å². The van der Waals surface area contributed by atoms with E-state index in [1.54, 1.807) is 30.3 Å². The van der Waals surface area contributed by atoms with Gasteiger partial charge in [0.15, 0.2) is 0 Å². The Balaban J connectivity index is 1.72. The first-order valence-corrected chi connectivity index (χ1v) is 8.90. The number of aryl methyl sites for hydroxylation is 1. The predicted molar refractivity (Wildman–Crippen MR) is 112 cm³/mol. The molecule has 3 aromatic carbocycles. The molecule has 3 aromatic rings. The van der Waals surface area contributed by atoms with Gasteiger partial charge in [0.2, 0.25) is 5.91 Å². The SMILES string of the molecule is COC(=O)c1ccc(NC(=O)/C=C/c2ccccc2-c2ccc(C)cc2)cc1. The highest BCUT2D eigenvalue weighted by Gasteiger charge is 2.06. The van der Waals surface area contributed by atoms with Crippen molar-refractivity contribution in [1.29, 1.82) is 0 Å². The maximum absolute atomic E-state index is 12.3. The molecule has 1 amide bonds. The van der Waals surface area contributed by atoms with E-state index in [0.29, 0.717) is 11.3 Å². The molecule has 140 valence electrons. The standard InChI is InChI=1S/C24H21NO3/c1-17-7-9-19(10-8-17)22-6-4-3-5-18(22)13-16-23(26)25-21-14-11-20(12-15-21)24(27)28-2/h3-16H,1-2H3,(H,25,26)/b16-13+. The summed E-state index contributed by atoms with van der Waals surface area (Å²) in [4.78, 5) is 23.7. The molecule has 0 saturated carbocycles. The highest BCUT2D eigenvalue weighted by molar-refractivity contribution is 6.02. The minimum atomic E-state index is -0.412. The molecule has 0 radical (unpaired) electrons. The first kappa shape index (κ1) is 19.1. The van der Waals surface area contributed by atoms with Crippen LogP contribution in [0.25, 0.3) is 17.2 Å². The summed E-state index contributed by atoms with van der Waals surface area (Å²) in [5.41, 5.74) is 5.37. The maximum Gasteiger partial charge on any atom is 0.337 e. The summed E-state index contributed by atoms with van der Waals surface area (Å²) < 4.78 is 4.66. The lowest BCUT2D eigenvalue weighted by molar-refractivity contribution is -0.111. The average Bonchev–Trinajstić information content (AvgIpc) is 2.73.